The minimum Gasteiger partial charge on any atom is -0.455 e. The number of aryl methyl sites for hydroxylation is 3. The lowest BCUT2D eigenvalue weighted by Gasteiger charge is -2.05. The van der Waals surface area contributed by atoms with Gasteiger partial charge in [0.15, 0.2) is 6.20 Å². The number of hydrogen-bond donors (Lipinski definition) is 0. The molecule has 0 atom stereocenters. The average Bonchev–Trinajstić information content (AvgIpc) is 2.94. The molecule has 0 aliphatic carbocycles. The van der Waals surface area contributed by atoms with Crippen LogP contribution in [-0.4, -0.2) is 0 Å². The molecular formula is C20H16F2NO+. The molecule has 0 spiro atoms. The van der Waals surface area contributed by atoms with Crippen LogP contribution < -0.4 is 4.57 Å². The van der Waals surface area contributed by atoms with Gasteiger partial charge in [-0.15, -0.1) is 0 Å². The van der Waals surface area contributed by atoms with Crippen molar-refractivity contribution in [1.29, 1.82) is 0 Å². The maximum absolute atomic E-state index is 14.4. The Morgan fingerprint density at radius 2 is 1.75 bits per heavy atom. The Morgan fingerprint density at radius 3 is 2.50 bits per heavy atom. The zero-order valence-corrected chi connectivity index (χ0v) is 13.7. The van der Waals surface area contributed by atoms with E-state index in [-0.39, 0.29) is 5.58 Å². The minimum atomic E-state index is -0.598. The Labute approximate surface area is 138 Å². The molecule has 120 valence electrons. The normalized spacial score (nSPS) is 11.5. The van der Waals surface area contributed by atoms with Crippen molar-refractivity contribution >= 4 is 21.9 Å². The van der Waals surface area contributed by atoms with Crippen LogP contribution in [0.25, 0.3) is 33.2 Å². The molecule has 0 N–H and O–H groups in total. The van der Waals surface area contributed by atoms with E-state index in [4.69, 9.17) is 4.42 Å². The number of hydrogen-bond acceptors (Lipinski definition) is 1. The SMILES string of the molecule is Cc1ccc2c(oc3c(C)c(F)cc(F)c32)c1-c1cccc[n+]1C. The number of fused-ring (bicyclic) bond motifs is 3. The first-order valence-corrected chi connectivity index (χ1v) is 7.74. The molecular weight excluding hydrogens is 308 g/mol. The van der Waals surface area contributed by atoms with E-state index in [1.54, 1.807) is 6.92 Å². The van der Waals surface area contributed by atoms with Crippen molar-refractivity contribution in [2.24, 2.45) is 7.05 Å². The number of furan rings is 1. The Bertz CT molecular complexity index is 1110. The Balaban J connectivity index is 2.22. The highest BCUT2D eigenvalue weighted by atomic mass is 19.1. The van der Waals surface area contributed by atoms with Crippen LogP contribution in [0.2, 0.25) is 0 Å². The quantitative estimate of drug-likeness (QED) is 0.452. The smallest absolute Gasteiger partial charge is 0.216 e. The van der Waals surface area contributed by atoms with Gasteiger partial charge in [0.05, 0.1) is 10.9 Å². The van der Waals surface area contributed by atoms with E-state index < -0.39 is 11.6 Å². The Hall–Kier alpha value is -2.75. The van der Waals surface area contributed by atoms with Crippen molar-refractivity contribution in [3.05, 3.63) is 65.4 Å². The van der Waals surface area contributed by atoms with Gasteiger partial charge in [-0.25, -0.2) is 13.3 Å². The lowest BCUT2D eigenvalue weighted by atomic mass is 10.00. The van der Waals surface area contributed by atoms with E-state index in [1.165, 1.54) is 0 Å². The fraction of sp³-hybridized carbons (Fsp3) is 0.150. The highest BCUT2D eigenvalue weighted by Gasteiger charge is 2.23. The van der Waals surface area contributed by atoms with Gasteiger partial charge < -0.3 is 4.42 Å². The third kappa shape index (κ3) is 1.96. The molecule has 0 aliphatic rings. The van der Waals surface area contributed by atoms with Crippen LogP contribution >= 0.6 is 0 Å². The molecule has 2 nitrogen and oxygen atoms in total. The Kier molecular flexibility index (Phi) is 3.17. The fourth-order valence-corrected chi connectivity index (χ4v) is 3.26. The summed E-state index contributed by atoms with van der Waals surface area (Å²) in [6.45, 7) is 3.59. The molecule has 0 radical (unpaired) electrons. The van der Waals surface area contributed by atoms with E-state index in [9.17, 15) is 8.78 Å². The number of halogens is 2. The van der Waals surface area contributed by atoms with Crippen molar-refractivity contribution in [1.82, 2.24) is 0 Å². The first kappa shape index (κ1) is 14.8. The van der Waals surface area contributed by atoms with Crippen LogP contribution in [0.4, 0.5) is 8.78 Å². The molecule has 4 rings (SSSR count). The summed E-state index contributed by atoms with van der Waals surface area (Å²) in [6, 6.07) is 10.6. The second-order valence-electron chi connectivity index (χ2n) is 6.10. The van der Waals surface area contributed by atoms with Gasteiger partial charge in [0.2, 0.25) is 5.69 Å². The predicted octanol–water partition coefficient (Wildman–Crippen LogP) is 4.97. The fourth-order valence-electron chi connectivity index (χ4n) is 3.26. The number of pyridine rings is 1. The van der Waals surface area contributed by atoms with Crippen molar-refractivity contribution in [3.8, 4) is 11.3 Å². The van der Waals surface area contributed by atoms with Gasteiger partial charge in [0.1, 0.15) is 29.8 Å². The monoisotopic (exact) mass is 324 g/mol. The maximum atomic E-state index is 14.4. The standard InChI is InChI=1S/C20H16F2NO/c1-11-7-8-13-18-15(22)10-14(21)12(2)19(18)24-20(13)17(11)16-6-4-5-9-23(16)3/h4-10H,1-3H3/q+1. The molecule has 24 heavy (non-hydrogen) atoms. The first-order chi connectivity index (χ1) is 11.5. The minimum absolute atomic E-state index is 0.271. The number of rotatable bonds is 1. The summed E-state index contributed by atoms with van der Waals surface area (Å²) < 4.78 is 36.3. The van der Waals surface area contributed by atoms with Gasteiger partial charge >= 0.3 is 0 Å². The summed E-state index contributed by atoms with van der Waals surface area (Å²) in [4.78, 5) is 0. The van der Waals surface area contributed by atoms with E-state index in [2.05, 4.69) is 0 Å². The van der Waals surface area contributed by atoms with Gasteiger partial charge in [-0.1, -0.05) is 12.1 Å². The molecule has 2 heterocycles. The topological polar surface area (TPSA) is 17.0 Å². The third-order valence-electron chi connectivity index (χ3n) is 4.57. The second kappa shape index (κ2) is 5.13. The predicted molar refractivity (Wildman–Crippen MR) is 89.7 cm³/mol. The van der Waals surface area contributed by atoms with Crippen molar-refractivity contribution in [2.45, 2.75) is 13.8 Å². The van der Waals surface area contributed by atoms with E-state index >= 15 is 0 Å². The number of aromatic nitrogens is 1. The molecule has 0 bridgehead atoms. The molecule has 4 aromatic rings. The van der Waals surface area contributed by atoms with Gasteiger partial charge in [-0.2, -0.15) is 0 Å². The van der Waals surface area contributed by atoms with Crippen LogP contribution in [-0.2, 0) is 7.05 Å². The summed E-state index contributed by atoms with van der Waals surface area (Å²) in [5, 5.41) is 0.999. The summed E-state index contributed by atoms with van der Waals surface area (Å²) in [6.07, 6.45) is 1.95. The van der Waals surface area contributed by atoms with Gasteiger partial charge in [0, 0.05) is 29.1 Å². The van der Waals surface area contributed by atoms with E-state index in [0.717, 1.165) is 22.9 Å². The van der Waals surface area contributed by atoms with Gasteiger partial charge in [-0.3, -0.25) is 0 Å². The summed E-state index contributed by atoms with van der Waals surface area (Å²) in [5.41, 5.74) is 4.04. The van der Waals surface area contributed by atoms with Crippen molar-refractivity contribution < 1.29 is 17.8 Å². The van der Waals surface area contributed by atoms with Crippen molar-refractivity contribution in [2.75, 3.05) is 0 Å². The zero-order chi connectivity index (χ0) is 17.0. The zero-order valence-electron chi connectivity index (χ0n) is 13.7. The molecule has 0 fully saturated rings. The summed E-state index contributed by atoms with van der Waals surface area (Å²) in [5.74, 6) is -1.19. The van der Waals surface area contributed by atoms with Crippen LogP contribution in [0, 0.1) is 25.5 Å². The lowest BCUT2D eigenvalue weighted by Crippen LogP contribution is -2.30. The van der Waals surface area contributed by atoms with Crippen LogP contribution in [0.1, 0.15) is 11.1 Å². The van der Waals surface area contributed by atoms with E-state index in [1.807, 2.05) is 55.1 Å². The molecule has 0 saturated heterocycles. The molecule has 2 aromatic heterocycles. The Morgan fingerprint density at radius 1 is 0.958 bits per heavy atom. The summed E-state index contributed by atoms with van der Waals surface area (Å²) in [7, 11) is 1.95. The second-order valence-corrected chi connectivity index (χ2v) is 6.10. The van der Waals surface area contributed by atoms with Crippen LogP contribution in [0.5, 0.6) is 0 Å². The highest BCUT2D eigenvalue weighted by molar-refractivity contribution is 6.10. The largest absolute Gasteiger partial charge is 0.455 e. The molecule has 4 heteroatoms. The van der Waals surface area contributed by atoms with Crippen LogP contribution in [0.15, 0.2) is 47.0 Å². The maximum Gasteiger partial charge on any atom is 0.216 e. The van der Waals surface area contributed by atoms with Crippen LogP contribution in [0.3, 0.4) is 0 Å². The highest BCUT2D eigenvalue weighted by Crippen LogP contribution is 2.39. The average molecular weight is 324 g/mol. The molecule has 0 saturated carbocycles. The van der Waals surface area contributed by atoms with E-state index in [0.29, 0.717) is 21.9 Å². The molecule has 0 amide bonds. The first-order valence-electron chi connectivity index (χ1n) is 7.74. The van der Waals surface area contributed by atoms with Gasteiger partial charge in [-0.05, 0) is 25.5 Å². The van der Waals surface area contributed by atoms with Crippen molar-refractivity contribution in [3.63, 3.8) is 0 Å². The molecule has 0 aliphatic heterocycles. The van der Waals surface area contributed by atoms with Gasteiger partial charge in [0.25, 0.3) is 0 Å². The number of benzene rings is 2. The summed E-state index contributed by atoms with van der Waals surface area (Å²) >= 11 is 0. The number of nitrogens with zero attached hydrogens (tertiary/aromatic N) is 1. The lowest BCUT2D eigenvalue weighted by molar-refractivity contribution is -0.660. The molecule has 2 aromatic carbocycles. The third-order valence-corrected chi connectivity index (χ3v) is 4.57. The molecule has 0 unspecified atom stereocenters.